The maximum Gasteiger partial charge on any atom is 0.309 e. The van der Waals surface area contributed by atoms with Gasteiger partial charge in [0, 0.05) is 5.92 Å². The molecule has 1 saturated carbocycles. The number of esters is 1. The number of hydrogen-bond acceptors (Lipinski definition) is 2. The molecule has 2 aliphatic rings. The maximum atomic E-state index is 11.6. The third kappa shape index (κ3) is 1.43. The summed E-state index contributed by atoms with van der Waals surface area (Å²) in [5.74, 6) is 0.185. The van der Waals surface area contributed by atoms with Crippen LogP contribution in [0, 0.1) is 17.8 Å². The number of carbonyl (C=O) groups is 1. The van der Waals surface area contributed by atoms with Crippen molar-refractivity contribution >= 4 is 17.6 Å². The molecule has 82 valence electrons. The Labute approximate surface area is 94.9 Å². The predicted molar refractivity (Wildman–Crippen MR) is 59.6 cm³/mol. The normalized spacial score (nSPS) is 41.9. The number of halogens is 1. The molecule has 2 nitrogen and oxygen atoms in total. The number of hydrogen-bond donors (Lipinski definition) is 0. The van der Waals surface area contributed by atoms with Crippen LogP contribution in [0.5, 0.6) is 0 Å². The Hall–Kier alpha value is -0.760. The summed E-state index contributed by atoms with van der Waals surface area (Å²) in [4.78, 5) is 11.2. The molecule has 4 atom stereocenters. The van der Waals surface area contributed by atoms with Crippen molar-refractivity contribution in [2.75, 3.05) is 7.11 Å². The summed E-state index contributed by atoms with van der Waals surface area (Å²) in [7, 11) is 1.43. The molecule has 0 amide bonds. The van der Waals surface area contributed by atoms with Crippen LogP contribution in [0.25, 0.3) is 0 Å². The summed E-state index contributed by atoms with van der Waals surface area (Å²) < 4.78 is 4.80. The highest BCUT2D eigenvalue weighted by Gasteiger charge is 2.56. The molecule has 0 aromatic rings. The first-order chi connectivity index (χ1) is 7.13. The van der Waals surface area contributed by atoms with Crippen molar-refractivity contribution in [2.45, 2.75) is 17.7 Å². The molecule has 3 heteroatoms. The van der Waals surface area contributed by atoms with Crippen molar-refractivity contribution in [3.8, 4) is 0 Å². The van der Waals surface area contributed by atoms with Gasteiger partial charge in [0.1, 0.15) is 0 Å². The summed E-state index contributed by atoms with van der Waals surface area (Å²) in [5.41, 5.74) is 0. The lowest BCUT2D eigenvalue weighted by Crippen LogP contribution is -2.31. The molecule has 0 aliphatic heterocycles. The van der Waals surface area contributed by atoms with E-state index in [1.807, 2.05) is 6.08 Å². The van der Waals surface area contributed by atoms with E-state index in [1.54, 1.807) is 0 Å². The molecule has 0 heterocycles. The third-order valence-electron chi connectivity index (χ3n) is 3.62. The molecule has 0 saturated heterocycles. The largest absolute Gasteiger partial charge is 0.469 e. The Morgan fingerprint density at radius 3 is 3.07 bits per heavy atom. The van der Waals surface area contributed by atoms with Crippen LogP contribution < -0.4 is 0 Å². The first kappa shape index (κ1) is 10.7. The van der Waals surface area contributed by atoms with Crippen LogP contribution in [0.1, 0.15) is 12.8 Å². The number of carbonyl (C=O) groups excluding carboxylic acids is 1. The summed E-state index contributed by atoms with van der Waals surface area (Å²) in [5, 5.41) is 0. The van der Waals surface area contributed by atoms with Crippen molar-refractivity contribution in [2.24, 2.45) is 17.8 Å². The van der Waals surface area contributed by atoms with Gasteiger partial charge in [-0.05, 0) is 18.8 Å². The number of allylic oxidation sites excluding steroid dienone is 3. The van der Waals surface area contributed by atoms with Gasteiger partial charge >= 0.3 is 5.97 Å². The fraction of sp³-hybridized carbons (Fsp3) is 0.583. The SMILES string of the molecule is C=CC[C@]1(Cl)[C@@H]2C=C[C@H]1[C@@H](C(=O)OC)C2. The molecule has 0 aromatic heterocycles. The van der Waals surface area contributed by atoms with Crippen molar-refractivity contribution in [1.29, 1.82) is 0 Å². The number of ether oxygens (including phenoxy) is 1. The zero-order valence-electron chi connectivity index (χ0n) is 8.78. The van der Waals surface area contributed by atoms with E-state index in [1.165, 1.54) is 7.11 Å². The van der Waals surface area contributed by atoms with Gasteiger partial charge in [0.2, 0.25) is 0 Å². The molecule has 15 heavy (non-hydrogen) atoms. The van der Waals surface area contributed by atoms with Crippen LogP contribution in [0.4, 0.5) is 0 Å². The second kappa shape index (κ2) is 3.67. The zero-order chi connectivity index (χ0) is 11.1. The Morgan fingerprint density at radius 2 is 2.47 bits per heavy atom. The van der Waals surface area contributed by atoms with Crippen LogP contribution >= 0.6 is 11.6 Å². The average Bonchev–Trinajstić information content (AvgIpc) is 2.69. The third-order valence-corrected chi connectivity index (χ3v) is 4.31. The van der Waals surface area contributed by atoms with E-state index in [0.29, 0.717) is 0 Å². The van der Waals surface area contributed by atoms with E-state index in [4.69, 9.17) is 16.3 Å². The van der Waals surface area contributed by atoms with Crippen LogP contribution in [0.2, 0.25) is 0 Å². The fourth-order valence-electron chi connectivity index (χ4n) is 2.89. The number of fused-ring (bicyclic) bond motifs is 2. The standard InChI is InChI=1S/C12H15ClO2/c1-3-6-12(13)8-4-5-10(12)9(7-8)11(14)15-2/h3-5,8-10H,1,6-7H2,2H3/t8-,9+,10+,12+/m1/s1. The molecule has 1 fully saturated rings. The summed E-state index contributed by atoms with van der Waals surface area (Å²) in [6.45, 7) is 3.73. The first-order valence-electron chi connectivity index (χ1n) is 5.19. The van der Waals surface area contributed by atoms with Gasteiger partial charge in [-0.1, -0.05) is 18.2 Å². The molecule has 0 aromatic carbocycles. The molecule has 2 rings (SSSR count). The van der Waals surface area contributed by atoms with Crippen LogP contribution in [-0.4, -0.2) is 18.0 Å². The highest BCUT2D eigenvalue weighted by Crippen LogP contribution is 2.56. The lowest BCUT2D eigenvalue weighted by Gasteiger charge is -2.26. The molecule has 0 unspecified atom stereocenters. The van der Waals surface area contributed by atoms with Crippen LogP contribution in [-0.2, 0) is 9.53 Å². The minimum atomic E-state index is -0.333. The van der Waals surface area contributed by atoms with Crippen LogP contribution in [0.3, 0.4) is 0 Å². The summed E-state index contributed by atoms with van der Waals surface area (Å²) >= 11 is 6.59. The number of alkyl halides is 1. The number of rotatable bonds is 3. The van der Waals surface area contributed by atoms with E-state index in [0.717, 1.165) is 12.8 Å². The second-order valence-electron chi connectivity index (χ2n) is 4.30. The molecular weight excluding hydrogens is 212 g/mol. The van der Waals surface area contributed by atoms with Gasteiger partial charge in [-0.3, -0.25) is 4.79 Å². The first-order valence-corrected chi connectivity index (χ1v) is 5.57. The topological polar surface area (TPSA) is 26.3 Å². The highest BCUT2D eigenvalue weighted by atomic mass is 35.5. The van der Waals surface area contributed by atoms with Crippen molar-refractivity contribution in [1.82, 2.24) is 0 Å². The average molecular weight is 227 g/mol. The van der Waals surface area contributed by atoms with Gasteiger partial charge in [0.05, 0.1) is 17.9 Å². The van der Waals surface area contributed by atoms with Crippen molar-refractivity contribution in [3.05, 3.63) is 24.8 Å². The fourth-order valence-corrected chi connectivity index (χ4v) is 3.38. The molecule has 0 spiro atoms. The monoisotopic (exact) mass is 226 g/mol. The van der Waals surface area contributed by atoms with Gasteiger partial charge in [0.15, 0.2) is 0 Å². The second-order valence-corrected chi connectivity index (χ2v) is 5.01. The van der Waals surface area contributed by atoms with Crippen molar-refractivity contribution in [3.63, 3.8) is 0 Å². The Bertz CT molecular complexity index is 324. The highest BCUT2D eigenvalue weighted by molar-refractivity contribution is 6.25. The van der Waals surface area contributed by atoms with E-state index in [2.05, 4.69) is 18.7 Å². The molecular formula is C12H15ClO2. The summed E-state index contributed by atoms with van der Waals surface area (Å²) in [6, 6.07) is 0. The molecule has 0 N–H and O–H groups in total. The Balaban J connectivity index is 2.22. The van der Waals surface area contributed by atoms with Crippen LogP contribution in [0.15, 0.2) is 24.8 Å². The Kier molecular flexibility index (Phi) is 2.63. The molecule has 0 radical (unpaired) electrons. The predicted octanol–water partition coefficient (Wildman–Crippen LogP) is 2.54. The Morgan fingerprint density at radius 1 is 1.73 bits per heavy atom. The van der Waals surface area contributed by atoms with Gasteiger partial charge in [-0.2, -0.15) is 0 Å². The van der Waals surface area contributed by atoms with E-state index in [9.17, 15) is 4.79 Å². The minimum Gasteiger partial charge on any atom is -0.469 e. The quantitative estimate of drug-likeness (QED) is 0.420. The lowest BCUT2D eigenvalue weighted by atomic mass is 9.88. The molecule has 2 aliphatic carbocycles. The molecule has 2 bridgehead atoms. The van der Waals surface area contributed by atoms with E-state index < -0.39 is 0 Å². The van der Waals surface area contributed by atoms with E-state index in [-0.39, 0.29) is 28.6 Å². The lowest BCUT2D eigenvalue weighted by molar-refractivity contribution is -0.146. The summed E-state index contributed by atoms with van der Waals surface area (Å²) in [6.07, 6.45) is 7.57. The van der Waals surface area contributed by atoms with Gasteiger partial charge in [-0.15, -0.1) is 18.2 Å². The van der Waals surface area contributed by atoms with E-state index >= 15 is 0 Å². The minimum absolute atomic E-state index is 0.0672. The van der Waals surface area contributed by atoms with Gasteiger partial charge in [-0.25, -0.2) is 0 Å². The smallest absolute Gasteiger partial charge is 0.309 e. The van der Waals surface area contributed by atoms with Crippen molar-refractivity contribution < 1.29 is 9.53 Å². The van der Waals surface area contributed by atoms with Gasteiger partial charge < -0.3 is 4.74 Å². The zero-order valence-corrected chi connectivity index (χ0v) is 9.54. The maximum absolute atomic E-state index is 11.6. The van der Waals surface area contributed by atoms with Gasteiger partial charge in [0.25, 0.3) is 0 Å². The number of methoxy groups -OCH3 is 1.